The first-order valence-electron chi connectivity index (χ1n) is 7.61. The molecule has 1 N–H and O–H groups in total. The van der Waals surface area contributed by atoms with Gasteiger partial charge in [0, 0.05) is 32.6 Å². The van der Waals surface area contributed by atoms with Gasteiger partial charge in [-0.15, -0.1) is 0 Å². The summed E-state index contributed by atoms with van der Waals surface area (Å²) >= 11 is 3.33. The van der Waals surface area contributed by atoms with Crippen molar-refractivity contribution in [1.82, 2.24) is 20.0 Å². The highest BCUT2D eigenvalue weighted by atomic mass is 79.9. The van der Waals surface area contributed by atoms with E-state index < -0.39 is 5.67 Å². The monoisotopic (exact) mass is 385 g/mol. The van der Waals surface area contributed by atoms with Crippen molar-refractivity contribution < 1.29 is 9.18 Å². The van der Waals surface area contributed by atoms with E-state index in [0.29, 0.717) is 23.3 Å². The van der Waals surface area contributed by atoms with Crippen LogP contribution in [0.1, 0.15) is 38.1 Å². The van der Waals surface area contributed by atoms with E-state index in [1.165, 1.54) is 0 Å². The van der Waals surface area contributed by atoms with Gasteiger partial charge >= 0.3 is 6.03 Å². The van der Waals surface area contributed by atoms with Gasteiger partial charge in [0.15, 0.2) is 5.69 Å². The molecule has 1 fully saturated rings. The molecule has 0 unspecified atom stereocenters. The number of rotatable bonds is 3. The van der Waals surface area contributed by atoms with Gasteiger partial charge in [0.1, 0.15) is 11.7 Å². The van der Waals surface area contributed by atoms with E-state index in [0.717, 1.165) is 0 Å². The molecule has 0 spiro atoms. The lowest BCUT2D eigenvalue weighted by atomic mass is 9.88. The molecule has 0 aliphatic carbocycles. The third-order valence-electron chi connectivity index (χ3n) is 4.05. The van der Waals surface area contributed by atoms with Crippen LogP contribution >= 0.6 is 15.9 Å². The topological polar surface area (TPSA) is 74.0 Å². The molecular formula is C15H21BrFN5O. The van der Waals surface area contributed by atoms with Gasteiger partial charge in [-0.05, 0) is 42.6 Å². The minimum atomic E-state index is -1.39. The minimum Gasteiger partial charge on any atom is -0.336 e. The van der Waals surface area contributed by atoms with Crippen molar-refractivity contribution in [3.63, 3.8) is 0 Å². The number of alkyl halides is 1. The van der Waals surface area contributed by atoms with Crippen LogP contribution in [-0.4, -0.2) is 45.5 Å². The molecule has 1 aromatic heterocycles. The molecule has 0 saturated carbocycles. The number of hydrogen-bond acceptors (Lipinski definition) is 3. The number of aryl methyl sites for hydroxylation is 1. The molecule has 0 radical (unpaired) electrons. The van der Waals surface area contributed by atoms with Crippen molar-refractivity contribution in [2.24, 2.45) is 7.05 Å². The summed E-state index contributed by atoms with van der Waals surface area (Å²) in [6.07, 6.45) is 0.731. The number of piperidine rings is 1. The number of nitriles is 1. The summed E-state index contributed by atoms with van der Waals surface area (Å²) in [7, 11) is 1.70. The second-order valence-electron chi connectivity index (χ2n) is 6.26. The Kier molecular flexibility index (Phi) is 5.30. The van der Waals surface area contributed by atoms with Crippen LogP contribution in [0.15, 0.2) is 4.47 Å². The van der Waals surface area contributed by atoms with Crippen molar-refractivity contribution in [1.29, 1.82) is 5.26 Å². The molecule has 0 aromatic carbocycles. The van der Waals surface area contributed by atoms with Crippen molar-refractivity contribution in [3.8, 4) is 6.07 Å². The minimum absolute atomic E-state index is 0.0642. The number of halogens is 2. The third-order valence-corrected chi connectivity index (χ3v) is 4.88. The molecule has 1 aromatic rings. The summed E-state index contributed by atoms with van der Waals surface area (Å²) in [5.74, 6) is 0. The van der Waals surface area contributed by atoms with Gasteiger partial charge in [0.2, 0.25) is 0 Å². The predicted octanol–water partition coefficient (Wildman–Crippen LogP) is 2.52. The van der Waals surface area contributed by atoms with E-state index in [9.17, 15) is 4.79 Å². The Morgan fingerprint density at radius 1 is 1.52 bits per heavy atom. The molecular weight excluding hydrogens is 365 g/mol. The molecule has 6 nitrogen and oxygen atoms in total. The Morgan fingerprint density at radius 3 is 2.61 bits per heavy atom. The van der Waals surface area contributed by atoms with Gasteiger partial charge in [0.05, 0.1) is 10.2 Å². The van der Waals surface area contributed by atoms with E-state index >= 15 is 4.39 Å². The zero-order valence-electron chi connectivity index (χ0n) is 13.6. The van der Waals surface area contributed by atoms with Crippen molar-refractivity contribution in [2.45, 2.75) is 44.8 Å². The zero-order chi connectivity index (χ0) is 17.2. The lowest BCUT2D eigenvalue weighted by molar-refractivity contribution is 0.0692. The van der Waals surface area contributed by atoms with Crippen molar-refractivity contribution in [3.05, 3.63) is 15.9 Å². The zero-order valence-corrected chi connectivity index (χ0v) is 15.2. The van der Waals surface area contributed by atoms with Gasteiger partial charge in [-0.2, -0.15) is 10.4 Å². The third kappa shape index (κ3) is 4.02. The standard InChI is InChI=1S/C15H21BrFN5O/c1-10(2)19-14(23)22-6-4-15(17,5-7-22)8-12-13(16)11(9-18)20-21(12)3/h10H,4-8H2,1-3H3,(H,19,23). The van der Waals surface area contributed by atoms with Crippen LogP contribution in [0.2, 0.25) is 0 Å². The van der Waals surface area contributed by atoms with Gasteiger partial charge in [0.25, 0.3) is 0 Å². The fourth-order valence-electron chi connectivity index (χ4n) is 2.72. The summed E-state index contributed by atoms with van der Waals surface area (Å²) in [6.45, 7) is 4.56. The maximum atomic E-state index is 15.1. The number of nitrogens with one attached hydrogen (secondary N) is 1. The van der Waals surface area contributed by atoms with Gasteiger partial charge in [-0.25, -0.2) is 9.18 Å². The molecule has 1 saturated heterocycles. The molecule has 0 atom stereocenters. The second kappa shape index (κ2) is 6.87. The van der Waals surface area contributed by atoms with Crippen molar-refractivity contribution >= 4 is 22.0 Å². The normalized spacial score (nSPS) is 17.2. The first-order valence-corrected chi connectivity index (χ1v) is 8.41. The summed E-state index contributed by atoms with van der Waals surface area (Å²) in [5.41, 5.74) is -0.457. The number of nitrogens with zero attached hydrogens (tertiary/aromatic N) is 4. The summed E-state index contributed by atoms with van der Waals surface area (Å²) in [6, 6.07) is 1.91. The van der Waals surface area contributed by atoms with Crippen molar-refractivity contribution in [2.75, 3.05) is 13.1 Å². The Balaban J connectivity index is 2.02. The SMILES string of the molecule is CC(C)NC(=O)N1CCC(F)(Cc2c(Br)c(C#N)nn2C)CC1. The summed E-state index contributed by atoms with van der Waals surface area (Å²) in [4.78, 5) is 13.6. The smallest absolute Gasteiger partial charge is 0.317 e. The number of hydrogen-bond donors (Lipinski definition) is 1. The molecule has 8 heteroatoms. The fraction of sp³-hybridized carbons (Fsp3) is 0.667. The van der Waals surface area contributed by atoms with Crippen LogP contribution in [0.4, 0.5) is 9.18 Å². The predicted molar refractivity (Wildman–Crippen MR) is 87.6 cm³/mol. The highest BCUT2D eigenvalue weighted by molar-refractivity contribution is 9.10. The first-order chi connectivity index (χ1) is 10.8. The Bertz CT molecular complexity index is 629. The number of carbonyl (C=O) groups is 1. The highest BCUT2D eigenvalue weighted by Gasteiger charge is 2.38. The second-order valence-corrected chi connectivity index (χ2v) is 7.06. The molecule has 1 aliphatic rings. The number of aromatic nitrogens is 2. The summed E-state index contributed by atoms with van der Waals surface area (Å²) < 4.78 is 17.2. The van der Waals surface area contributed by atoms with E-state index in [1.54, 1.807) is 16.6 Å². The van der Waals surface area contributed by atoms with Crippen LogP contribution in [0.5, 0.6) is 0 Å². The lowest BCUT2D eigenvalue weighted by Gasteiger charge is -2.36. The van der Waals surface area contributed by atoms with Crippen LogP contribution in [-0.2, 0) is 13.5 Å². The molecule has 2 heterocycles. The fourth-order valence-corrected chi connectivity index (χ4v) is 3.29. The van der Waals surface area contributed by atoms with E-state index in [-0.39, 0.29) is 37.0 Å². The Labute approximate surface area is 143 Å². The number of amides is 2. The Hall–Kier alpha value is -1.62. The maximum absolute atomic E-state index is 15.1. The van der Waals surface area contributed by atoms with Crippen LogP contribution < -0.4 is 5.32 Å². The van der Waals surface area contributed by atoms with Crippen LogP contribution in [0, 0.1) is 11.3 Å². The number of carbonyl (C=O) groups excluding carboxylic acids is 1. The maximum Gasteiger partial charge on any atom is 0.317 e. The molecule has 1 aliphatic heterocycles. The van der Waals surface area contributed by atoms with Gasteiger partial charge in [-0.3, -0.25) is 4.68 Å². The van der Waals surface area contributed by atoms with Crippen LogP contribution in [0.25, 0.3) is 0 Å². The molecule has 23 heavy (non-hydrogen) atoms. The molecule has 0 bridgehead atoms. The van der Waals surface area contributed by atoms with E-state index in [1.807, 2.05) is 19.9 Å². The number of urea groups is 1. The molecule has 2 rings (SSSR count). The summed E-state index contributed by atoms with van der Waals surface area (Å²) in [5, 5.41) is 15.9. The number of likely N-dealkylation sites (tertiary alicyclic amines) is 1. The highest BCUT2D eigenvalue weighted by Crippen LogP contribution is 2.33. The Morgan fingerprint density at radius 2 is 2.13 bits per heavy atom. The molecule has 2 amide bonds. The lowest BCUT2D eigenvalue weighted by Crippen LogP contribution is -2.50. The van der Waals surface area contributed by atoms with E-state index in [4.69, 9.17) is 5.26 Å². The van der Waals surface area contributed by atoms with Crippen LogP contribution in [0.3, 0.4) is 0 Å². The largest absolute Gasteiger partial charge is 0.336 e. The first kappa shape index (κ1) is 17.7. The molecule has 126 valence electrons. The van der Waals surface area contributed by atoms with E-state index in [2.05, 4.69) is 26.3 Å². The average molecular weight is 386 g/mol. The van der Waals surface area contributed by atoms with Gasteiger partial charge < -0.3 is 10.2 Å². The average Bonchev–Trinajstić information content (AvgIpc) is 2.74. The van der Waals surface area contributed by atoms with Gasteiger partial charge in [-0.1, -0.05) is 0 Å². The quantitative estimate of drug-likeness (QED) is 0.868.